The number of halogens is 1. The van der Waals surface area contributed by atoms with Crippen LogP contribution in [0.15, 0.2) is 18.2 Å². The van der Waals surface area contributed by atoms with E-state index in [0.29, 0.717) is 16.6 Å². The van der Waals surface area contributed by atoms with Crippen molar-refractivity contribution in [1.82, 2.24) is 5.32 Å². The molecule has 1 N–H and O–H groups in total. The minimum atomic E-state index is 0.594. The molecule has 0 radical (unpaired) electrons. The van der Waals surface area contributed by atoms with Crippen molar-refractivity contribution in [2.45, 2.75) is 44.0 Å². The maximum absolute atomic E-state index is 8.82. The predicted molar refractivity (Wildman–Crippen MR) is 82.6 cm³/mol. The maximum Gasteiger partial charge on any atom is 0.0992 e. The summed E-state index contributed by atoms with van der Waals surface area (Å²) in [5, 5.41) is 13.9. The molecule has 1 aromatic carbocycles. The highest BCUT2D eigenvalue weighted by atomic mass is 35.5. The van der Waals surface area contributed by atoms with Gasteiger partial charge in [0.15, 0.2) is 0 Å². The van der Waals surface area contributed by atoms with E-state index in [0.717, 1.165) is 17.4 Å². The van der Waals surface area contributed by atoms with Crippen LogP contribution < -0.4 is 5.32 Å². The molecule has 19 heavy (non-hydrogen) atoms. The molecule has 0 heterocycles. The minimum absolute atomic E-state index is 0.594. The number of benzene rings is 1. The largest absolute Gasteiger partial charge is 0.309 e. The van der Waals surface area contributed by atoms with Gasteiger partial charge in [-0.15, -0.1) is 0 Å². The molecule has 2 atom stereocenters. The van der Waals surface area contributed by atoms with Gasteiger partial charge in [0.25, 0.3) is 0 Å². The van der Waals surface area contributed by atoms with Crippen LogP contribution in [0.2, 0.25) is 5.02 Å². The van der Waals surface area contributed by atoms with Gasteiger partial charge in [0, 0.05) is 22.9 Å². The standard InChI is InChI=1S/C15H19ClN2S/c1-2-19-15-5-3-4-14(15)18-10-12-7-6-11(9-17)8-13(12)16/h6-8,14-15,18H,2-5,10H2,1H3. The van der Waals surface area contributed by atoms with Crippen molar-refractivity contribution in [2.75, 3.05) is 5.75 Å². The molecule has 0 aromatic heterocycles. The van der Waals surface area contributed by atoms with Gasteiger partial charge in [-0.25, -0.2) is 0 Å². The molecule has 2 rings (SSSR count). The fourth-order valence-electron chi connectivity index (χ4n) is 2.57. The molecule has 2 unspecified atom stereocenters. The Hall–Kier alpha value is -0.690. The second-order valence-corrected chi connectivity index (χ2v) is 6.75. The van der Waals surface area contributed by atoms with E-state index < -0.39 is 0 Å². The summed E-state index contributed by atoms with van der Waals surface area (Å²) >= 11 is 8.25. The van der Waals surface area contributed by atoms with Crippen LogP contribution in [0, 0.1) is 11.3 Å². The molecule has 102 valence electrons. The highest BCUT2D eigenvalue weighted by molar-refractivity contribution is 7.99. The molecule has 1 aromatic rings. The molecule has 0 amide bonds. The Morgan fingerprint density at radius 3 is 3.00 bits per heavy atom. The van der Waals surface area contributed by atoms with Gasteiger partial charge in [-0.1, -0.05) is 31.0 Å². The van der Waals surface area contributed by atoms with Gasteiger partial charge in [-0.2, -0.15) is 17.0 Å². The Morgan fingerprint density at radius 2 is 2.32 bits per heavy atom. The van der Waals surface area contributed by atoms with E-state index >= 15 is 0 Å². The van der Waals surface area contributed by atoms with Crippen molar-refractivity contribution >= 4 is 23.4 Å². The van der Waals surface area contributed by atoms with Gasteiger partial charge < -0.3 is 5.32 Å². The van der Waals surface area contributed by atoms with E-state index in [4.69, 9.17) is 16.9 Å². The molecule has 0 saturated heterocycles. The zero-order chi connectivity index (χ0) is 13.7. The van der Waals surface area contributed by atoms with E-state index in [2.05, 4.69) is 30.1 Å². The number of hydrogen-bond acceptors (Lipinski definition) is 3. The average molecular weight is 295 g/mol. The fraction of sp³-hybridized carbons (Fsp3) is 0.533. The van der Waals surface area contributed by atoms with Crippen LogP contribution >= 0.6 is 23.4 Å². The van der Waals surface area contributed by atoms with E-state index in [1.54, 1.807) is 6.07 Å². The lowest BCUT2D eigenvalue weighted by Crippen LogP contribution is -2.33. The highest BCUT2D eigenvalue weighted by Crippen LogP contribution is 2.30. The molecule has 2 nitrogen and oxygen atoms in total. The van der Waals surface area contributed by atoms with E-state index in [9.17, 15) is 0 Å². The molecule has 1 aliphatic rings. The monoisotopic (exact) mass is 294 g/mol. The van der Waals surface area contributed by atoms with Gasteiger partial charge in [0.05, 0.1) is 11.6 Å². The SMILES string of the molecule is CCSC1CCCC1NCc1ccc(C#N)cc1Cl. The van der Waals surface area contributed by atoms with Gasteiger partial charge in [-0.05, 0) is 36.3 Å². The predicted octanol–water partition coefficient (Wildman–Crippen LogP) is 3.98. The van der Waals surface area contributed by atoms with Crippen LogP contribution in [0.4, 0.5) is 0 Å². The molecule has 0 aliphatic heterocycles. The van der Waals surface area contributed by atoms with Crippen LogP contribution in [-0.4, -0.2) is 17.0 Å². The van der Waals surface area contributed by atoms with Crippen LogP contribution in [0.3, 0.4) is 0 Å². The quantitative estimate of drug-likeness (QED) is 0.892. The first-order valence-corrected chi connectivity index (χ1v) is 8.20. The summed E-state index contributed by atoms with van der Waals surface area (Å²) in [6.07, 6.45) is 3.89. The first-order chi connectivity index (χ1) is 9.24. The Morgan fingerprint density at radius 1 is 1.47 bits per heavy atom. The van der Waals surface area contributed by atoms with Crippen molar-refractivity contribution < 1.29 is 0 Å². The van der Waals surface area contributed by atoms with Gasteiger partial charge in [0.2, 0.25) is 0 Å². The van der Waals surface area contributed by atoms with Crippen LogP contribution in [0.5, 0.6) is 0 Å². The molecule has 1 saturated carbocycles. The third-order valence-electron chi connectivity index (χ3n) is 3.57. The number of nitrogens with zero attached hydrogens (tertiary/aromatic N) is 1. The second kappa shape index (κ2) is 7.19. The first kappa shape index (κ1) is 14.7. The van der Waals surface area contributed by atoms with Crippen LogP contribution in [-0.2, 0) is 6.54 Å². The van der Waals surface area contributed by atoms with E-state index in [-0.39, 0.29) is 0 Å². The summed E-state index contributed by atoms with van der Waals surface area (Å²) in [4.78, 5) is 0. The summed E-state index contributed by atoms with van der Waals surface area (Å²) in [5.41, 5.74) is 1.70. The highest BCUT2D eigenvalue weighted by Gasteiger charge is 2.26. The van der Waals surface area contributed by atoms with Crippen LogP contribution in [0.25, 0.3) is 0 Å². The molecular weight excluding hydrogens is 276 g/mol. The van der Waals surface area contributed by atoms with E-state index in [1.807, 2.05) is 12.1 Å². The van der Waals surface area contributed by atoms with Crippen LogP contribution in [0.1, 0.15) is 37.3 Å². The third kappa shape index (κ3) is 3.89. The lowest BCUT2D eigenvalue weighted by atomic mass is 10.1. The molecule has 0 bridgehead atoms. The van der Waals surface area contributed by atoms with Crippen molar-refractivity contribution in [1.29, 1.82) is 5.26 Å². The number of thioether (sulfide) groups is 1. The maximum atomic E-state index is 8.82. The fourth-order valence-corrected chi connectivity index (χ4v) is 4.05. The van der Waals surface area contributed by atoms with Gasteiger partial charge >= 0.3 is 0 Å². The Labute approximate surface area is 124 Å². The smallest absolute Gasteiger partial charge is 0.0992 e. The summed E-state index contributed by atoms with van der Waals surface area (Å²) in [6, 6.07) is 8.22. The molecule has 0 spiro atoms. The van der Waals surface area contributed by atoms with Crippen molar-refractivity contribution in [3.8, 4) is 6.07 Å². The summed E-state index contributed by atoms with van der Waals surface area (Å²) < 4.78 is 0. The Kier molecular flexibility index (Phi) is 5.57. The topological polar surface area (TPSA) is 35.8 Å². The summed E-state index contributed by atoms with van der Waals surface area (Å²) in [6.45, 7) is 3.01. The third-order valence-corrected chi connectivity index (χ3v) is 5.25. The minimum Gasteiger partial charge on any atom is -0.309 e. The van der Waals surface area contributed by atoms with Gasteiger partial charge in [0.1, 0.15) is 0 Å². The van der Waals surface area contributed by atoms with Gasteiger partial charge in [-0.3, -0.25) is 0 Å². The Bertz CT molecular complexity index is 470. The zero-order valence-corrected chi connectivity index (χ0v) is 12.7. The number of rotatable bonds is 5. The molecular formula is C15H19ClN2S. The first-order valence-electron chi connectivity index (χ1n) is 6.78. The van der Waals surface area contributed by atoms with E-state index in [1.165, 1.54) is 25.0 Å². The summed E-state index contributed by atoms with van der Waals surface area (Å²) in [5.74, 6) is 1.18. The molecule has 4 heteroatoms. The lowest BCUT2D eigenvalue weighted by Gasteiger charge is -2.20. The van der Waals surface area contributed by atoms with Crippen molar-refractivity contribution in [2.24, 2.45) is 0 Å². The van der Waals surface area contributed by atoms with Crippen molar-refractivity contribution in [3.63, 3.8) is 0 Å². The number of nitriles is 1. The van der Waals surface area contributed by atoms with Crippen molar-refractivity contribution in [3.05, 3.63) is 34.3 Å². The number of hydrogen-bond donors (Lipinski definition) is 1. The number of nitrogens with one attached hydrogen (secondary N) is 1. The normalized spacial score (nSPS) is 22.4. The summed E-state index contributed by atoms with van der Waals surface area (Å²) in [7, 11) is 0. The molecule has 1 aliphatic carbocycles. The molecule has 1 fully saturated rings. The average Bonchev–Trinajstić information content (AvgIpc) is 2.85. The second-order valence-electron chi connectivity index (χ2n) is 4.83. The lowest BCUT2D eigenvalue weighted by molar-refractivity contribution is 0.532. The zero-order valence-electron chi connectivity index (χ0n) is 11.2. The Balaban J connectivity index is 1.93.